The second-order valence-corrected chi connectivity index (χ2v) is 6.67. The van der Waals surface area contributed by atoms with E-state index in [0.717, 1.165) is 37.9 Å². The Bertz CT molecular complexity index is 829. The van der Waals surface area contributed by atoms with Gasteiger partial charge in [-0.3, -0.25) is 4.79 Å². The fraction of sp³-hybridized carbons (Fsp3) is 0.286. The smallest absolute Gasteiger partial charge is 0.253 e. The predicted octanol–water partition coefficient (Wildman–Crippen LogP) is 4.26. The van der Waals surface area contributed by atoms with Crippen molar-refractivity contribution in [3.05, 3.63) is 71.9 Å². The summed E-state index contributed by atoms with van der Waals surface area (Å²) in [7, 11) is 0. The van der Waals surface area contributed by atoms with Gasteiger partial charge in [0.15, 0.2) is 0 Å². The van der Waals surface area contributed by atoms with Crippen molar-refractivity contribution in [3.8, 4) is 0 Å². The Labute approximate surface area is 142 Å². The van der Waals surface area contributed by atoms with Crippen LogP contribution in [0.1, 0.15) is 28.8 Å². The van der Waals surface area contributed by atoms with Gasteiger partial charge in [0.25, 0.3) is 5.91 Å². The van der Waals surface area contributed by atoms with Crippen molar-refractivity contribution in [3.63, 3.8) is 0 Å². The van der Waals surface area contributed by atoms with E-state index in [1.54, 1.807) is 0 Å². The lowest BCUT2D eigenvalue weighted by molar-refractivity contribution is 0.0690. The normalized spacial score (nSPS) is 15.8. The molecule has 3 aromatic rings. The summed E-state index contributed by atoms with van der Waals surface area (Å²) in [4.78, 5) is 17.9. The molecule has 1 aromatic heterocycles. The number of likely N-dealkylation sites (tertiary alicyclic amines) is 1. The minimum Gasteiger partial charge on any atom is -0.361 e. The van der Waals surface area contributed by atoms with Gasteiger partial charge >= 0.3 is 0 Å². The summed E-state index contributed by atoms with van der Waals surface area (Å²) >= 11 is 0. The van der Waals surface area contributed by atoms with E-state index in [-0.39, 0.29) is 5.91 Å². The molecule has 4 rings (SSSR count). The summed E-state index contributed by atoms with van der Waals surface area (Å²) in [5.74, 6) is 0.824. The number of para-hydroxylation sites is 1. The Kier molecular flexibility index (Phi) is 4.08. The molecular formula is C21H22N2O. The fourth-order valence-electron chi connectivity index (χ4n) is 3.71. The van der Waals surface area contributed by atoms with E-state index in [0.29, 0.717) is 5.92 Å². The largest absolute Gasteiger partial charge is 0.361 e. The first kappa shape index (κ1) is 15.0. The maximum atomic E-state index is 12.5. The van der Waals surface area contributed by atoms with Crippen LogP contribution in [-0.2, 0) is 6.42 Å². The summed E-state index contributed by atoms with van der Waals surface area (Å²) in [6.45, 7) is 1.72. The number of piperidine rings is 1. The van der Waals surface area contributed by atoms with Crippen molar-refractivity contribution >= 4 is 16.8 Å². The molecule has 122 valence electrons. The number of amides is 1. The molecule has 0 aliphatic carbocycles. The summed E-state index contributed by atoms with van der Waals surface area (Å²) in [6.07, 6.45) is 5.40. The van der Waals surface area contributed by atoms with Gasteiger partial charge in [-0.25, -0.2) is 0 Å². The Morgan fingerprint density at radius 2 is 1.71 bits per heavy atom. The van der Waals surface area contributed by atoms with Crippen LogP contribution in [0.25, 0.3) is 10.9 Å². The number of carbonyl (C=O) groups excluding carboxylic acids is 1. The number of H-pyrrole nitrogens is 1. The van der Waals surface area contributed by atoms with Crippen molar-refractivity contribution in [2.45, 2.75) is 19.3 Å². The van der Waals surface area contributed by atoms with Crippen molar-refractivity contribution in [2.24, 2.45) is 5.92 Å². The number of rotatable bonds is 3. The number of nitrogens with one attached hydrogen (secondary N) is 1. The monoisotopic (exact) mass is 318 g/mol. The van der Waals surface area contributed by atoms with Crippen molar-refractivity contribution < 1.29 is 4.79 Å². The highest BCUT2D eigenvalue weighted by Crippen LogP contribution is 2.26. The standard InChI is InChI=1S/C21H22N2O/c24-21(17-6-2-1-3-7-17)23-12-10-16(11-13-23)14-18-15-22-20-9-5-4-8-19(18)20/h1-9,15-16,22H,10-14H2. The zero-order chi connectivity index (χ0) is 16.4. The van der Waals surface area contributed by atoms with Crippen LogP contribution in [0.5, 0.6) is 0 Å². The van der Waals surface area contributed by atoms with Gasteiger partial charge in [0, 0.05) is 35.8 Å². The predicted molar refractivity (Wildman–Crippen MR) is 97.1 cm³/mol. The van der Waals surface area contributed by atoms with Gasteiger partial charge in [0.1, 0.15) is 0 Å². The minimum atomic E-state index is 0.168. The van der Waals surface area contributed by atoms with E-state index < -0.39 is 0 Å². The van der Waals surface area contributed by atoms with Crippen LogP contribution in [-0.4, -0.2) is 28.9 Å². The number of benzene rings is 2. The van der Waals surface area contributed by atoms with Crippen LogP contribution in [0.3, 0.4) is 0 Å². The van der Waals surface area contributed by atoms with Crippen LogP contribution in [0, 0.1) is 5.92 Å². The molecule has 1 fully saturated rings. The lowest BCUT2D eigenvalue weighted by atomic mass is 9.90. The molecule has 1 aliphatic heterocycles. The number of carbonyl (C=O) groups is 1. The highest BCUT2D eigenvalue weighted by atomic mass is 16.2. The van der Waals surface area contributed by atoms with Crippen molar-refractivity contribution in [1.82, 2.24) is 9.88 Å². The van der Waals surface area contributed by atoms with E-state index >= 15 is 0 Å². The van der Waals surface area contributed by atoms with Gasteiger partial charge < -0.3 is 9.88 Å². The van der Waals surface area contributed by atoms with Gasteiger partial charge in [0.05, 0.1) is 0 Å². The number of aromatic nitrogens is 1. The minimum absolute atomic E-state index is 0.168. The molecule has 2 heterocycles. The SMILES string of the molecule is O=C(c1ccccc1)N1CCC(Cc2c[nH]c3ccccc23)CC1. The molecule has 0 unspecified atom stereocenters. The molecular weight excluding hydrogens is 296 g/mol. The molecule has 0 bridgehead atoms. The van der Waals surface area contributed by atoms with E-state index in [1.807, 2.05) is 35.2 Å². The molecule has 2 aromatic carbocycles. The maximum absolute atomic E-state index is 12.5. The number of fused-ring (bicyclic) bond motifs is 1. The van der Waals surface area contributed by atoms with E-state index in [4.69, 9.17) is 0 Å². The molecule has 1 N–H and O–H groups in total. The van der Waals surface area contributed by atoms with Gasteiger partial charge in [-0.15, -0.1) is 0 Å². The maximum Gasteiger partial charge on any atom is 0.253 e. The molecule has 0 radical (unpaired) electrons. The zero-order valence-electron chi connectivity index (χ0n) is 13.7. The van der Waals surface area contributed by atoms with E-state index in [1.165, 1.54) is 16.5 Å². The Morgan fingerprint density at radius 3 is 2.50 bits per heavy atom. The summed E-state index contributed by atoms with van der Waals surface area (Å²) in [6, 6.07) is 18.1. The quantitative estimate of drug-likeness (QED) is 0.769. The number of hydrogen-bond donors (Lipinski definition) is 1. The second kappa shape index (κ2) is 6.52. The second-order valence-electron chi connectivity index (χ2n) is 6.67. The Morgan fingerprint density at radius 1 is 1.00 bits per heavy atom. The van der Waals surface area contributed by atoms with E-state index in [2.05, 4.69) is 35.4 Å². The van der Waals surface area contributed by atoms with Crippen LogP contribution in [0.15, 0.2) is 60.8 Å². The van der Waals surface area contributed by atoms with E-state index in [9.17, 15) is 4.79 Å². The molecule has 24 heavy (non-hydrogen) atoms. The third kappa shape index (κ3) is 2.94. The molecule has 3 nitrogen and oxygen atoms in total. The molecule has 1 saturated heterocycles. The molecule has 1 amide bonds. The fourth-order valence-corrected chi connectivity index (χ4v) is 3.71. The van der Waals surface area contributed by atoms with Crippen LogP contribution in [0.2, 0.25) is 0 Å². The first-order valence-corrected chi connectivity index (χ1v) is 8.70. The van der Waals surface area contributed by atoms with Crippen LogP contribution >= 0.6 is 0 Å². The molecule has 0 spiro atoms. The molecule has 0 atom stereocenters. The van der Waals surface area contributed by atoms with Crippen LogP contribution < -0.4 is 0 Å². The summed E-state index contributed by atoms with van der Waals surface area (Å²) in [5.41, 5.74) is 3.41. The van der Waals surface area contributed by atoms with Gasteiger partial charge in [-0.1, -0.05) is 36.4 Å². The topological polar surface area (TPSA) is 36.1 Å². The molecule has 1 aliphatic rings. The Hall–Kier alpha value is -2.55. The number of nitrogens with zero attached hydrogens (tertiary/aromatic N) is 1. The molecule has 0 saturated carbocycles. The summed E-state index contributed by atoms with van der Waals surface area (Å²) < 4.78 is 0. The number of aromatic amines is 1. The summed E-state index contributed by atoms with van der Waals surface area (Å²) in [5, 5.41) is 1.33. The van der Waals surface area contributed by atoms with Gasteiger partial charge in [-0.2, -0.15) is 0 Å². The van der Waals surface area contributed by atoms with Crippen molar-refractivity contribution in [2.75, 3.05) is 13.1 Å². The Balaban J connectivity index is 1.39. The first-order valence-electron chi connectivity index (χ1n) is 8.70. The third-order valence-electron chi connectivity index (χ3n) is 5.11. The lowest BCUT2D eigenvalue weighted by Crippen LogP contribution is -2.38. The highest BCUT2D eigenvalue weighted by Gasteiger charge is 2.24. The van der Waals surface area contributed by atoms with Crippen molar-refractivity contribution in [1.29, 1.82) is 0 Å². The van der Waals surface area contributed by atoms with Crippen LogP contribution in [0.4, 0.5) is 0 Å². The molecule has 3 heteroatoms. The first-order chi connectivity index (χ1) is 11.8. The van der Waals surface area contributed by atoms with Gasteiger partial charge in [-0.05, 0) is 48.9 Å². The number of hydrogen-bond acceptors (Lipinski definition) is 1. The average Bonchev–Trinajstić information content (AvgIpc) is 3.06. The van der Waals surface area contributed by atoms with Gasteiger partial charge in [0.2, 0.25) is 0 Å². The highest BCUT2D eigenvalue weighted by molar-refractivity contribution is 5.94. The zero-order valence-corrected chi connectivity index (χ0v) is 13.7. The average molecular weight is 318 g/mol. The lowest BCUT2D eigenvalue weighted by Gasteiger charge is -2.32. The third-order valence-corrected chi connectivity index (χ3v) is 5.11.